The van der Waals surface area contributed by atoms with Crippen molar-refractivity contribution >= 4 is 28.2 Å². The second-order valence-corrected chi connectivity index (χ2v) is 6.45. The van der Waals surface area contributed by atoms with Crippen LogP contribution in [0.4, 0.5) is 5.13 Å². The van der Waals surface area contributed by atoms with Gasteiger partial charge in [-0.25, -0.2) is 4.98 Å². The molecule has 0 spiro atoms. The number of thioether (sulfide) groups is 1. The predicted molar refractivity (Wildman–Crippen MR) is 78.5 cm³/mol. The zero-order valence-electron chi connectivity index (χ0n) is 10.8. The minimum Gasteiger partial charge on any atom is -0.350 e. The van der Waals surface area contributed by atoms with E-state index in [2.05, 4.69) is 30.6 Å². The molecule has 96 valence electrons. The van der Waals surface area contributed by atoms with Crippen LogP contribution in [0.2, 0.25) is 0 Å². The first-order valence-electron chi connectivity index (χ1n) is 6.13. The van der Waals surface area contributed by atoms with Crippen LogP contribution in [0.5, 0.6) is 0 Å². The molecule has 1 N–H and O–H groups in total. The van der Waals surface area contributed by atoms with Crippen LogP contribution in [-0.4, -0.2) is 37.6 Å². The fraction of sp³-hybridized carbons (Fsp3) is 0.750. The van der Waals surface area contributed by atoms with Crippen molar-refractivity contribution in [2.75, 3.05) is 37.5 Å². The molecule has 1 aliphatic carbocycles. The Kier molecular flexibility index (Phi) is 4.70. The molecule has 0 aromatic carbocycles. The van der Waals surface area contributed by atoms with Crippen LogP contribution < -0.4 is 10.2 Å². The van der Waals surface area contributed by atoms with Crippen LogP contribution in [-0.2, 0) is 6.42 Å². The molecule has 3 nitrogen and oxygen atoms in total. The van der Waals surface area contributed by atoms with Gasteiger partial charge in [0.2, 0.25) is 0 Å². The molecule has 1 heterocycles. The lowest BCUT2D eigenvalue weighted by Gasteiger charge is -2.19. The van der Waals surface area contributed by atoms with Gasteiger partial charge in [-0.05, 0) is 32.6 Å². The van der Waals surface area contributed by atoms with Crippen LogP contribution in [0, 0.1) is 0 Å². The molecule has 1 unspecified atom stereocenters. The standard InChI is InChI=1S/C12H21N3S2/c1-13-9-5-4-6-10-11(9)17-12(14-10)15(2)7-8-16-3/h9,13H,4-8H2,1-3H3. The maximum atomic E-state index is 4.80. The molecular formula is C12H21N3S2. The van der Waals surface area contributed by atoms with Crippen molar-refractivity contribution in [2.24, 2.45) is 0 Å². The number of aryl methyl sites for hydroxylation is 1. The Morgan fingerprint density at radius 3 is 3.12 bits per heavy atom. The van der Waals surface area contributed by atoms with E-state index < -0.39 is 0 Å². The lowest BCUT2D eigenvalue weighted by molar-refractivity contribution is 0.501. The van der Waals surface area contributed by atoms with E-state index >= 15 is 0 Å². The number of rotatable bonds is 5. The average molecular weight is 271 g/mol. The van der Waals surface area contributed by atoms with Gasteiger partial charge in [-0.1, -0.05) is 11.3 Å². The maximum Gasteiger partial charge on any atom is 0.185 e. The lowest BCUT2D eigenvalue weighted by atomic mass is 9.98. The molecule has 1 aromatic rings. The molecule has 2 rings (SSSR count). The number of fused-ring (bicyclic) bond motifs is 1. The highest BCUT2D eigenvalue weighted by molar-refractivity contribution is 7.98. The minimum absolute atomic E-state index is 0.527. The van der Waals surface area contributed by atoms with E-state index in [4.69, 9.17) is 4.98 Å². The van der Waals surface area contributed by atoms with Crippen molar-refractivity contribution in [3.8, 4) is 0 Å². The van der Waals surface area contributed by atoms with Crippen LogP contribution in [0.25, 0.3) is 0 Å². The fourth-order valence-electron chi connectivity index (χ4n) is 2.17. The van der Waals surface area contributed by atoms with Gasteiger partial charge in [-0.2, -0.15) is 11.8 Å². The Morgan fingerprint density at radius 1 is 1.59 bits per heavy atom. The smallest absolute Gasteiger partial charge is 0.185 e. The molecule has 0 bridgehead atoms. The third-order valence-electron chi connectivity index (χ3n) is 3.24. The summed E-state index contributed by atoms with van der Waals surface area (Å²) in [6.45, 7) is 1.08. The van der Waals surface area contributed by atoms with E-state index in [0.29, 0.717) is 6.04 Å². The van der Waals surface area contributed by atoms with E-state index in [-0.39, 0.29) is 0 Å². The van der Waals surface area contributed by atoms with Crippen LogP contribution in [0.1, 0.15) is 29.5 Å². The molecule has 1 aromatic heterocycles. The van der Waals surface area contributed by atoms with Gasteiger partial charge in [-0.3, -0.25) is 0 Å². The SMILES string of the molecule is CNC1CCCc2nc(N(C)CCSC)sc21. The largest absolute Gasteiger partial charge is 0.350 e. The highest BCUT2D eigenvalue weighted by Crippen LogP contribution is 2.36. The summed E-state index contributed by atoms with van der Waals surface area (Å²) in [5.74, 6) is 1.16. The summed E-state index contributed by atoms with van der Waals surface area (Å²) < 4.78 is 0. The van der Waals surface area contributed by atoms with E-state index in [1.807, 2.05) is 23.1 Å². The summed E-state index contributed by atoms with van der Waals surface area (Å²) in [5.41, 5.74) is 1.33. The highest BCUT2D eigenvalue weighted by Gasteiger charge is 2.24. The second kappa shape index (κ2) is 6.07. The Labute approximate surface area is 112 Å². The molecule has 0 fully saturated rings. The van der Waals surface area contributed by atoms with Gasteiger partial charge in [0.1, 0.15) is 0 Å². The Bertz CT molecular complexity index is 365. The number of hydrogen-bond donors (Lipinski definition) is 1. The van der Waals surface area contributed by atoms with Gasteiger partial charge in [0.25, 0.3) is 0 Å². The summed E-state index contributed by atoms with van der Waals surface area (Å²) in [4.78, 5) is 8.54. The third kappa shape index (κ3) is 2.95. The van der Waals surface area contributed by atoms with Gasteiger partial charge >= 0.3 is 0 Å². The van der Waals surface area contributed by atoms with Crippen molar-refractivity contribution < 1.29 is 0 Å². The number of aromatic nitrogens is 1. The molecule has 1 atom stereocenters. The Hall–Kier alpha value is -0.260. The van der Waals surface area contributed by atoms with E-state index in [0.717, 1.165) is 18.7 Å². The third-order valence-corrected chi connectivity index (χ3v) is 5.16. The fourth-order valence-corrected chi connectivity index (χ4v) is 3.87. The normalized spacial score (nSPS) is 19.1. The summed E-state index contributed by atoms with van der Waals surface area (Å²) >= 11 is 3.76. The summed E-state index contributed by atoms with van der Waals surface area (Å²) in [6, 6.07) is 0.527. The number of nitrogens with zero attached hydrogens (tertiary/aromatic N) is 2. The first kappa shape index (κ1) is 13.2. The number of nitrogens with one attached hydrogen (secondary N) is 1. The lowest BCUT2D eigenvalue weighted by Crippen LogP contribution is -2.20. The molecule has 17 heavy (non-hydrogen) atoms. The van der Waals surface area contributed by atoms with Gasteiger partial charge in [0, 0.05) is 30.3 Å². The van der Waals surface area contributed by atoms with Gasteiger partial charge in [0.15, 0.2) is 5.13 Å². The topological polar surface area (TPSA) is 28.2 Å². The zero-order chi connectivity index (χ0) is 12.3. The van der Waals surface area contributed by atoms with E-state index in [9.17, 15) is 0 Å². The second-order valence-electron chi connectivity index (χ2n) is 4.46. The van der Waals surface area contributed by atoms with Crippen molar-refractivity contribution in [2.45, 2.75) is 25.3 Å². The predicted octanol–water partition coefficient (Wildman–Crippen LogP) is 2.54. The minimum atomic E-state index is 0.527. The highest BCUT2D eigenvalue weighted by atomic mass is 32.2. The van der Waals surface area contributed by atoms with Gasteiger partial charge in [0.05, 0.1) is 5.69 Å². The summed E-state index contributed by atoms with van der Waals surface area (Å²) in [7, 11) is 4.20. The van der Waals surface area contributed by atoms with Gasteiger partial charge in [-0.15, -0.1) is 0 Å². The first-order chi connectivity index (χ1) is 8.26. The van der Waals surface area contributed by atoms with Crippen LogP contribution >= 0.6 is 23.1 Å². The zero-order valence-corrected chi connectivity index (χ0v) is 12.5. The Balaban J connectivity index is 2.12. The van der Waals surface area contributed by atoms with Crippen LogP contribution in [0.15, 0.2) is 0 Å². The van der Waals surface area contributed by atoms with E-state index in [1.165, 1.54) is 28.5 Å². The Morgan fingerprint density at radius 2 is 2.41 bits per heavy atom. The number of anilines is 1. The van der Waals surface area contributed by atoms with Crippen molar-refractivity contribution in [3.05, 3.63) is 10.6 Å². The van der Waals surface area contributed by atoms with Gasteiger partial charge < -0.3 is 10.2 Å². The molecule has 0 saturated carbocycles. The monoisotopic (exact) mass is 271 g/mol. The average Bonchev–Trinajstić information content (AvgIpc) is 2.79. The molecule has 0 aliphatic heterocycles. The maximum absolute atomic E-state index is 4.80. The first-order valence-corrected chi connectivity index (χ1v) is 8.34. The van der Waals surface area contributed by atoms with Crippen molar-refractivity contribution in [3.63, 3.8) is 0 Å². The van der Waals surface area contributed by atoms with Crippen LogP contribution in [0.3, 0.4) is 0 Å². The molecule has 5 heteroatoms. The number of hydrogen-bond acceptors (Lipinski definition) is 5. The summed E-state index contributed by atoms with van der Waals surface area (Å²) in [5, 5.41) is 4.59. The number of thiazole rings is 1. The van der Waals surface area contributed by atoms with E-state index in [1.54, 1.807) is 0 Å². The summed E-state index contributed by atoms with van der Waals surface area (Å²) in [6.07, 6.45) is 5.81. The van der Waals surface area contributed by atoms with Crippen molar-refractivity contribution in [1.82, 2.24) is 10.3 Å². The molecule has 0 amide bonds. The molecule has 0 saturated heterocycles. The van der Waals surface area contributed by atoms with Crippen molar-refractivity contribution in [1.29, 1.82) is 0 Å². The molecular weight excluding hydrogens is 250 g/mol. The molecule has 1 aliphatic rings. The molecule has 0 radical (unpaired) electrons. The quantitative estimate of drug-likeness (QED) is 0.891.